The van der Waals surface area contributed by atoms with Gasteiger partial charge in [-0.3, -0.25) is 0 Å². The van der Waals surface area contributed by atoms with Crippen LogP contribution in [0.5, 0.6) is 0 Å². The Kier molecular flexibility index (Phi) is 9.47. The Bertz CT molecular complexity index is 527. The van der Waals surface area contributed by atoms with Crippen LogP contribution >= 0.6 is 0 Å². The molecule has 0 aromatic carbocycles. The van der Waals surface area contributed by atoms with Gasteiger partial charge in [0, 0.05) is 0 Å². The van der Waals surface area contributed by atoms with Crippen molar-refractivity contribution in [3.8, 4) is 0 Å². The van der Waals surface area contributed by atoms with Gasteiger partial charge in [-0.15, -0.1) is 0 Å². The van der Waals surface area contributed by atoms with Crippen molar-refractivity contribution >= 4 is 24.3 Å². The Morgan fingerprint density at radius 1 is 0.867 bits per heavy atom. The number of carbonyl (C=O) groups excluding carboxylic acids is 1. The van der Waals surface area contributed by atoms with E-state index in [0.29, 0.717) is 23.8 Å². The zero-order chi connectivity index (χ0) is 21.6. The second-order valence-electron chi connectivity index (χ2n) is 11.3. The molecule has 0 aromatic rings. The fraction of sp³-hybridized carbons (Fsp3) is 0.963. The summed E-state index contributed by atoms with van der Waals surface area (Å²) in [5, 5.41) is 0. The minimum absolute atomic E-state index is 0.284. The predicted octanol–water partition coefficient (Wildman–Crippen LogP) is 8.19. The van der Waals surface area contributed by atoms with Gasteiger partial charge >= 0.3 is 193 Å². The topological polar surface area (TPSA) is 20.3 Å². The molecule has 2 heterocycles. The summed E-state index contributed by atoms with van der Waals surface area (Å²) in [5.41, 5.74) is 0.284. The van der Waals surface area contributed by atoms with Crippen molar-refractivity contribution in [1.82, 2.24) is 4.90 Å². The molecular weight excluding hydrogens is 473 g/mol. The van der Waals surface area contributed by atoms with Crippen LogP contribution in [-0.4, -0.2) is 40.8 Å². The fourth-order valence-electron chi connectivity index (χ4n) is 7.85. The van der Waals surface area contributed by atoms with E-state index in [1.165, 1.54) is 89.9 Å². The van der Waals surface area contributed by atoms with Gasteiger partial charge in [-0.25, -0.2) is 0 Å². The summed E-state index contributed by atoms with van der Waals surface area (Å²) in [4.78, 5) is 15.8. The van der Waals surface area contributed by atoms with Gasteiger partial charge in [-0.2, -0.15) is 0 Å². The Hall–Kier alpha value is 0.269. The first-order chi connectivity index (χ1) is 14.5. The number of rotatable bonds is 13. The van der Waals surface area contributed by atoms with Crippen LogP contribution in [0.2, 0.25) is 17.7 Å². The number of hydrogen-bond donors (Lipinski definition) is 0. The standard InChI is InChI=1S/C15H24NO.3C4H9.Sn/c1-3-6-12-7-4-9-15-10-5-8-13(15)11(2)14(17)16(12)15;3*1-3-4-2;/h11-13H,1,3-10H2,2H3;3*1,3-4H2,2H3;/t11-,12+,13-,15-;;;;/m1..../s1. The second-order valence-corrected chi connectivity index (χ2v) is 25.6. The third-order valence-electron chi connectivity index (χ3n) is 9.46. The van der Waals surface area contributed by atoms with Crippen molar-refractivity contribution in [2.75, 3.05) is 0 Å². The number of hydrogen-bond acceptors (Lipinski definition) is 1. The van der Waals surface area contributed by atoms with Gasteiger partial charge in [0.15, 0.2) is 0 Å². The second kappa shape index (κ2) is 11.4. The molecule has 2 nitrogen and oxygen atoms in total. The molecule has 3 rings (SSSR count). The molecule has 1 spiro atoms. The molecule has 0 bridgehead atoms. The van der Waals surface area contributed by atoms with Gasteiger partial charge < -0.3 is 0 Å². The quantitative estimate of drug-likeness (QED) is 0.223. The van der Waals surface area contributed by atoms with Crippen LogP contribution in [0.25, 0.3) is 0 Å². The first kappa shape index (κ1) is 24.9. The van der Waals surface area contributed by atoms with Crippen LogP contribution in [0.3, 0.4) is 0 Å². The monoisotopic (exact) mass is 525 g/mol. The first-order valence-corrected chi connectivity index (χ1v) is 21.9. The molecule has 0 unspecified atom stereocenters. The molecular formula is C27H51NOSn. The van der Waals surface area contributed by atoms with E-state index in [-0.39, 0.29) is 5.54 Å². The maximum absolute atomic E-state index is 13.3. The SMILES string of the molecule is CCC[CH2][Sn]([CH2]CCC)([CH2]CCC)[CH2]CC[C@H]1CCC[C@@]23CCC[C@@H]2[C@@H](C)C(=O)N13. The van der Waals surface area contributed by atoms with Crippen LogP contribution in [0.1, 0.15) is 118 Å². The molecule has 1 saturated carbocycles. The maximum atomic E-state index is 13.3. The van der Waals surface area contributed by atoms with E-state index >= 15 is 0 Å². The molecule has 2 aliphatic heterocycles. The molecule has 0 radical (unpaired) electrons. The van der Waals surface area contributed by atoms with Crippen molar-refractivity contribution in [2.24, 2.45) is 11.8 Å². The number of piperidine rings is 1. The molecule has 4 atom stereocenters. The molecule has 30 heavy (non-hydrogen) atoms. The van der Waals surface area contributed by atoms with Crippen LogP contribution < -0.4 is 0 Å². The van der Waals surface area contributed by atoms with E-state index in [1.807, 2.05) is 0 Å². The fourth-order valence-corrected chi connectivity index (χ4v) is 24.3. The molecule has 3 aliphatic rings. The van der Waals surface area contributed by atoms with Crippen molar-refractivity contribution in [3.05, 3.63) is 0 Å². The van der Waals surface area contributed by atoms with Crippen LogP contribution in [0.4, 0.5) is 0 Å². The zero-order valence-corrected chi connectivity index (χ0v) is 23.7. The summed E-state index contributed by atoms with van der Waals surface area (Å²) in [5.74, 6) is 1.50. The molecule has 174 valence electrons. The van der Waals surface area contributed by atoms with Gasteiger partial charge in [0.2, 0.25) is 0 Å². The number of unbranched alkanes of at least 4 members (excludes halogenated alkanes) is 3. The number of nitrogens with zero attached hydrogens (tertiary/aromatic N) is 1. The van der Waals surface area contributed by atoms with E-state index < -0.39 is 18.4 Å². The van der Waals surface area contributed by atoms with Gasteiger partial charge in [0.1, 0.15) is 0 Å². The average Bonchev–Trinajstić information content (AvgIpc) is 3.25. The number of amides is 1. The van der Waals surface area contributed by atoms with E-state index in [2.05, 4.69) is 32.6 Å². The average molecular weight is 524 g/mol. The Balaban J connectivity index is 1.65. The molecule has 3 fully saturated rings. The molecule has 1 amide bonds. The van der Waals surface area contributed by atoms with Crippen molar-refractivity contribution in [1.29, 1.82) is 0 Å². The van der Waals surface area contributed by atoms with Gasteiger partial charge in [0.25, 0.3) is 0 Å². The van der Waals surface area contributed by atoms with Crippen LogP contribution in [0.15, 0.2) is 0 Å². The first-order valence-electron chi connectivity index (χ1n) is 13.9. The summed E-state index contributed by atoms with van der Waals surface area (Å²) in [6.45, 7) is 9.40. The Morgan fingerprint density at radius 2 is 1.40 bits per heavy atom. The van der Waals surface area contributed by atoms with Crippen LogP contribution in [-0.2, 0) is 4.79 Å². The summed E-state index contributed by atoms with van der Waals surface area (Å²) in [7, 11) is 0. The summed E-state index contributed by atoms with van der Waals surface area (Å²) in [6.07, 6.45) is 19.3. The molecule has 0 N–H and O–H groups in total. The molecule has 2 saturated heterocycles. The predicted molar refractivity (Wildman–Crippen MR) is 133 cm³/mol. The van der Waals surface area contributed by atoms with Crippen molar-refractivity contribution in [3.63, 3.8) is 0 Å². The van der Waals surface area contributed by atoms with Crippen LogP contribution in [0, 0.1) is 11.8 Å². The normalized spacial score (nSPS) is 31.3. The molecule has 3 heteroatoms. The number of carbonyl (C=O) groups is 1. The summed E-state index contributed by atoms with van der Waals surface area (Å²) in [6, 6.07) is 0.573. The Labute approximate surface area is 192 Å². The van der Waals surface area contributed by atoms with Gasteiger partial charge in [0.05, 0.1) is 0 Å². The summed E-state index contributed by atoms with van der Waals surface area (Å²) >= 11 is -2.02. The van der Waals surface area contributed by atoms with Crippen molar-refractivity contribution < 1.29 is 4.79 Å². The molecule has 1 aliphatic carbocycles. The van der Waals surface area contributed by atoms with E-state index in [9.17, 15) is 4.79 Å². The van der Waals surface area contributed by atoms with Crippen molar-refractivity contribution in [2.45, 2.75) is 147 Å². The van der Waals surface area contributed by atoms with E-state index in [4.69, 9.17) is 0 Å². The third-order valence-corrected chi connectivity index (χ3v) is 25.6. The molecule has 0 aromatic heterocycles. The third kappa shape index (κ3) is 5.09. The van der Waals surface area contributed by atoms with Gasteiger partial charge in [-0.05, 0) is 0 Å². The zero-order valence-electron chi connectivity index (χ0n) is 20.8. The summed E-state index contributed by atoms with van der Waals surface area (Å²) < 4.78 is 6.53. The van der Waals surface area contributed by atoms with Gasteiger partial charge in [-0.1, -0.05) is 0 Å². The minimum atomic E-state index is -2.02. The van der Waals surface area contributed by atoms with E-state index in [0.717, 1.165) is 0 Å². The van der Waals surface area contributed by atoms with E-state index in [1.54, 1.807) is 17.7 Å². The Morgan fingerprint density at radius 3 is 1.97 bits per heavy atom.